The molecule has 0 aliphatic carbocycles. The van der Waals surface area contributed by atoms with Crippen molar-refractivity contribution >= 4 is 17.0 Å². The Balaban J connectivity index is 1.69. The molecule has 4 rings (SSSR count). The molecule has 3 aromatic rings. The lowest BCUT2D eigenvalue weighted by atomic mass is 9.91. The Morgan fingerprint density at radius 1 is 1.36 bits per heavy atom. The van der Waals surface area contributed by atoms with Crippen LogP contribution in [-0.2, 0) is 13.2 Å². The van der Waals surface area contributed by atoms with E-state index in [1.807, 2.05) is 0 Å². The maximum Gasteiger partial charge on any atom is 0.417 e. The fourth-order valence-electron chi connectivity index (χ4n) is 3.67. The number of hydrogen-bond donors (Lipinski definition) is 0. The second-order valence-electron chi connectivity index (χ2n) is 7.02. The Hall–Kier alpha value is -2.91. The number of amides is 1. The van der Waals surface area contributed by atoms with Crippen LogP contribution in [-0.4, -0.2) is 43.8 Å². The van der Waals surface area contributed by atoms with Crippen molar-refractivity contribution in [2.75, 3.05) is 13.1 Å². The average molecular weight is 393 g/mol. The first kappa shape index (κ1) is 18.5. The van der Waals surface area contributed by atoms with Crippen molar-refractivity contribution in [2.24, 2.45) is 7.05 Å². The third kappa shape index (κ3) is 3.23. The highest BCUT2D eigenvalue weighted by molar-refractivity contribution is 5.92. The molecule has 7 nitrogen and oxygen atoms in total. The van der Waals surface area contributed by atoms with Gasteiger partial charge in [-0.15, -0.1) is 0 Å². The second-order valence-corrected chi connectivity index (χ2v) is 7.02. The molecular weight excluding hydrogens is 375 g/mol. The van der Waals surface area contributed by atoms with Gasteiger partial charge in [0.05, 0.1) is 16.6 Å². The number of rotatable bonds is 2. The van der Waals surface area contributed by atoms with Crippen LogP contribution in [0.1, 0.15) is 46.2 Å². The molecule has 0 saturated carbocycles. The summed E-state index contributed by atoms with van der Waals surface area (Å²) in [4.78, 5) is 18.3. The van der Waals surface area contributed by atoms with E-state index >= 15 is 0 Å². The van der Waals surface area contributed by atoms with Crippen LogP contribution in [0.5, 0.6) is 0 Å². The highest BCUT2D eigenvalue weighted by atomic mass is 19.4. The highest BCUT2D eigenvalue weighted by Gasteiger charge is 2.38. The van der Waals surface area contributed by atoms with Gasteiger partial charge < -0.3 is 9.42 Å². The lowest BCUT2D eigenvalue weighted by molar-refractivity contribution is -0.136. The Morgan fingerprint density at radius 3 is 2.82 bits per heavy atom. The van der Waals surface area contributed by atoms with Crippen LogP contribution in [0.25, 0.3) is 11.1 Å². The van der Waals surface area contributed by atoms with E-state index in [0.29, 0.717) is 25.1 Å². The number of carbonyl (C=O) groups is 1. The number of halogens is 3. The standard InChI is InChI=1S/C18H18F3N5O2/c1-10-8-12(18(19,20)21)14-15(24-28-16(14)22-10)11-4-3-6-26(9-11)17(27)13-5-7-25(2)23-13/h5,7-8,11H,3-4,6,9H2,1-2H3. The molecule has 1 amide bonds. The molecule has 28 heavy (non-hydrogen) atoms. The van der Waals surface area contributed by atoms with Gasteiger partial charge in [-0.3, -0.25) is 9.48 Å². The zero-order valence-electron chi connectivity index (χ0n) is 15.3. The summed E-state index contributed by atoms with van der Waals surface area (Å²) in [6.07, 6.45) is -1.62. The first-order valence-corrected chi connectivity index (χ1v) is 8.87. The summed E-state index contributed by atoms with van der Waals surface area (Å²) in [7, 11) is 1.71. The smallest absolute Gasteiger partial charge is 0.337 e. The Morgan fingerprint density at radius 2 is 2.14 bits per heavy atom. The number of pyridine rings is 1. The van der Waals surface area contributed by atoms with Gasteiger partial charge in [-0.25, -0.2) is 4.98 Å². The molecule has 1 unspecified atom stereocenters. The van der Waals surface area contributed by atoms with Gasteiger partial charge in [-0.2, -0.15) is 18.3 Å². The number of hydrogen-bond acceptors (Lipinski definition) is 5. The molecule has 0 bridgehead atoms. The Labute approximate surface area is 158 Å². The molecule has 148 valence electrons. The van der Waals surface area contributed by atoms with Crippen molar-refractivity contribution in [2.45, 2.75) is 31.9 Å². The van der Waals surface area contributed by atoms with Gasteiger partial charge in [-0.1, -0.05) is 5.16 Å². The van der Waals surface area contributed by atoms with E-state index in [0.717, 1.165) is 6.07 Å². The van der Waals surface area contributed by atoms with Gasteiger partial charge in [0.2, 0.25) is 0 Å². The van der Waals surface area contributed by atoms with E-state index in [2.05, 4.69) is 15.2 Å². The first-order valence-electron chi connectivity index (χ1n) is 8.87. The molecule has 0 radical (unpaired) electrons. The summed E-state index contributed by atoms with van der Waals surface area (Å²) >= 11 is 0. The van der Waals surface area contributed by atoms with Crippen molar-refractivity contribution in [1.82, 2.24) is 24.8 Å². The molecule has 0 N–H and O–H groups in total. The molecular formula is C18H18F3N5O2. The topological polar surface area (TPSA) is 77.0 Å². The highest BCUT2D eigenvalue weighted by Crippen LogP contribution is 2.40. The number of piperidine rings is 1. The molecule has 1 fully saturated rings. The fourth-order valence-corrected chi connectivity index (χ4v) is 3.67. The number of likely N-dealkylation sites (tertiary alicyclic amines) is 1. The SMILES string of the molecule is Cc1cc(C(F)(F)F)c2c(C3CCCN(C(=O)c4ccn(C)n4)C3)noc2n1. The van der Waals surface area contributed by atoms with E-state index in [-0.39, 0.29) is 40.9 Å². The number of fused-ring (bicyclic) bond motifs is 1. The monoisotopic (exact) mass is 393 g/mol. The van der Waals surface area contributed by atoms with Gasteiger partial charge in [0.15, 0.2) is 0 Å². The zero-order chi connectivity index (χ0) is 20.1. The van der Waals surface area contributed by atoms with Crippen molar-refractivity contribution in [3.05, 3.63) is 41.0 Å². The van der Waals surface area contributed by atoms with Crippen LogP contribution < -0.4 is 0 Å². The van der Waals surface area contributed by atoms with Crippen molar-refractivity contribution < 1.29 is 22.5 Å². The Kier molecular flexibility index (Phi) is 4.35. The molecule has 10 heteroatoms. The van der Waals surface area contributed by atoms with E-state index in [1.165, 1.54) is 11.6 Å². The molecule has 0 spiro atoms. The summed E-state index contributed by atoms with van der Waals surface area (Å²) in [6.45, 7) is 2.25. The average Bonchev–Trinajstić information content (AvgIpc) is 3.26. The third-order valence-electron chi connectivity index (χ3n) is 4.93. The van der Waals surface area contributed by atoms with Crippen LogP contribution >= 0.6 is 0 Å². The Bertz CT molecular complexity index is 1040. The molecule has 1 aliphatic heterocycles. The summed E-state index contributed by atoms with van der Waals surface area (Å²) in [5, 5.41) is 7.91. The van der Waals surface area contributed by atoms with E-state index in [9.17, 15) is 18.0 Å². The van der Waals surface area contributed by atoms with Crippen LogP contribution in [0.3, 0.4) is 0 Å². The van der Waals surface area contributed by atoms with Crippen molar-refractivity contribution in [3.63, 3.8) is 0 Å². The van der Waals surface area contributed by atoms with Crippen molar-refractivity contribution in [3.8, 4) is 0 Å². The van der Waals surface area contributed by atoms with Gasteiger partial charge in [0, 0.05) is 37.9 Å². The van der Waals surface area contributed by atoms with Crippen LogP contribution in [0.15, 0.2) is 22.9 Å². The van der Waals surface area contributed by atoms with Crippen LogP contribution in [0, 0.1) is 6.92 Å². The van der Waals surface area contributed by atoms with E-state index in [4.69, 9.17) is 4.52 Å². The minimum Gasteiger partial charge on any atom is -0.337 e. The van der Waals surface area contributed by atoms with Crippen LogP contribution in [0.4, 0.5) is 13.2 Å². The summed E-state index contributed by atoms with van der Waals surface area (Å²) in [5.74, 6) is -0.614. The predicted octanol–water partition coefficient (Wildman–Crippen LogP) is 3.30. The number of alkyl halides is 3. The third-order valence-corrected chi connectivity index (χ3v) is 4.93. The maximum atomic E-state index is 13.6. The summed E-state index contributed by atoms with van der Waals surface area (Å²) in [6, 6.07) is 2.62. The number of aromatic nitrogens is 4. The minimum atomic E-state index is -4.55. The predicted molar refractivity (Wildman–Crippen MR) is 92.6 cm³/mol. The number of nitrogens with zero attached hydrogens (tertiary/aromatic N) is 5. The summed E-state index contributed by atoms with van der Waals surface area (Å²) < 4.78 is 47.4. The quantitative estimate of drug-likeness (QED) is 0.668. The molecule has 4 heterocycles. The zero-order valence-corrected chi connectivity index (χ0v) is 15.3. The molecule has 0 aromatic carbocycles. The fraction of sp³-hybridized carbons (Fsp3) is 0.444. The number of aryl methyl sites for hydroxylation is 2. The van der Waals surface area contributed by atoms with E-state index in [1.54, 1.807) is 24.2 Å². The van der Waals surface area contributed by atoms with Crippen molar-refractivity contribution in [1.29, 1.82) is 0 Å². The first-order chi connectivity index (χ1) is 13.2. The maximum absolute atomic E-state index is 13.6. The van der Waals surface area contributed by atoms with Gasteiger partial charge in [-0.05, 0) is 31.9 Å². The minimum absolute atomic E-state index is 0.116. The van der Waals surface area contributed by atoms with Gasteiger partial charge >= 0.3 is 6.18 Å². The molecule has 3 aromatic heterocycles. The second kappa shape index (κ2) is 6.61. The summed E-state index contributed by atoms with van der Waals surface area (Å²) in [5.41, 5.74) is -0.220. The van der Waals surface area contributed by atoms with Gasteiger partial charge in [0.1, 0.15) is 5.69 Å². The van der Waals surface area contributed by atoms with Gasteiger partial charge in [0.25, 0.3) is 11.6 Å². The molecule has 1 saturated heterocycles. The largest absolute Gasteiger partial charge is 0.417 e. The van der Waals surface area contributed by atoms with E-state index < -0.39 is 11.7 Å². The normalized spacial score (nSPS) is 18.0. The molecule has 1 atom stereocenters. The lowest BCUT2D eigenvalue weighted by Crippen LogP contribution is -2.39. The number of carbonyl (C=O) groups excluding carboxylic acids is 1. The molecule has 1 aliphatic rings. The lowest BCUT2D eigenvalue weighted by Gasteiger charge is -2.31. The van der Waals surface area contributed by atoms with Crippen LogP contribution in [0.2, 0.25) is 0 Å².